The monoisotopic (exact) mass is 582 g/mol. The van der Waals surface area contributed by atoms with Crippen LogP contribution in [0.1, 0.15) is 129 Å². The first-order chi connectivity index (χ1) is 19.0. The van der Waals surface area contributed by atoms with Gasteiger partial charge in [0.25, 0.3) is 0 Å². The summed E-state index contributed by atoms with van der Waals surface area (Å²) in [6.45, 7) is 24.7. The quantitative estimate of drug-likeness (QED) is 0.230. The number of hydrogen-bond donors (Lipinski definition) is 2. The van der Waals surface area contributed by atoms with Crippen molar-refractivity contribution in [3.8, 4) is 11.5 Å². The SMILES string of the molecule is CC(C)(C)c1cc(CCC(=O)OCCOC(=O)CCc2cc(C(C)(C)C)c(O)c(C(C)(C)C)c2)cc(C(C)(C)C)c1O. The van der Waals surface area contributed by atoms with Gasteiger partial charge in [-0.1, -0.05) is 107 Å². The summed E-state index contributed by atoms with van der Waals surface area (Å²) in [7, 11) is 0. The lowest BCUT2D eigenvalue weighted by molar-refractivity contribution is -0.152. The summed E-state index contributed by atoms with van der Waals surface area (Å²) in [6, 6.07) is 7.90. The molecule has 0 aliphatic heterocycles. The van der Waals surface area contributed by atoms with Gasteiger partial charge in [0.2, 0.25) is 0 Å². The molecule has 2 aromatic rings. The number of phenols is 2. The van der Waals surface area contributed by atoms with Gasteiger partial charge >= 0.3 is 11.9 Å². The van der Waals surface area contributed by atoms with Crippen molar-refractivity contribution in [3.05, 3.63) is 57.6 Å². The average molecular weight is 583 g/mol. The van der Waals surface area contributed by atoms with Crippen LogP contribution in [0, 0.1) is 0 Å². The van der Waals surface area contributed by atoms with E-state index in [2.05, 4.69) is 83.1 Å². The molecule has 0 saturated carbocycles. The lowest BCUT2D eigenvalue weighted by atomic mass is 9.78. The molecule has 0 amide bonds. The molecule has 0 aliphatic rings. The molecule has 6 nitrogen and oxygen atoms in total. The van der Waals surface area contributed by atoms with Crippen LogP contribution in [0.15, 0.2) is 24.3 Å². The molecule has 42 heavy (non-hydrogen) atoms. The van der Waals surface area contributed by atoms with Gasteiger partial charge in [-0.05, 0) is 67.9 Å². The van der Waals surface area contributed by atoms with Crippen molar-refractivity contribution in [2.75, 3.05) is 13.2 Å². The van der Waals surface area contributed by atoms with E-state index in [1.54, 1.807) is 0 Å². The summed E-state index contributed by atoms with van der Waals surface area (Å²) in [5, 5.41) is 21.8. The predicted octanol–water partition coefficient (Wildman–Crippen LogP) is 7.94. The van der Waals surface area contributed by atoms with E-state index in [4.69, 9.17) is 9.47 Å². The number of ether oxygens (including phenoxy) is 2. The maximum atomic E-state index is 12.4. The van der Waals surface area contributed by atoms with Crippen LogP contribution in [0.25, 0.3) is 0 Å². The molecule has 0 fully saturated rings. The number of hydrogen-bond acceptors (Lipinski definition) is 6. The van der Waals surface area contributed by atoms with Gasteiger partial charge in [-0.3, -0.25) is 9.59 Å². The average Bonchev–Trinajstić information content (AvgIpc) is 2.82. The molecule has 6 heteroatoms. The maximum Gasteiger partial charge on any atom is 0.306 e. The third-order valence-corrected chi connectivity index (χ3v) is 7.42. The molecule has 0 saturated heterocycles. The Hall–Kier alpha value is -3.02. The van der Waals surface area contributed by atoms with Crippen LogP contribution in [-0.4, -0.2) is 35.4 Å². The van der Waals surface area contributed by atoms with Crippen LogP contribution in [0.3, 0.4) is 0 Å². The number of benzene rings is 2. The van der Waals surface area contributed by atoms with Gasteiger partial charge in [0.1, 0.15) is 24.7 Å². The maximum absolute atomic E-state index is 12.4. The Morgan fingerprint density at radius 1 is 0.524 bits per heavy atom. The molecule has 0 spiro atoms. The lowest BCUT2D eigenvalue weighted by Crippen LogP contribution is -2.18. The number of esters is 2. The minimum atomic E-state index is -0.359. The van der Waals surface area contributed by atoms with Gasteiger partial charge in [-0.25, -0.2) is 0 Å². The highest BCUT2D eigenvalue weighted by atomic mass is 16.6. The summed E-state index contributed by atoms with van der Waals surface area (Å²) in [4.78, 5) is 24.8. The molecular weight excluding hydrogens is 528 g/mol. The van der Waals surface area contributed by atoms with Gasteiger partial charge < -0.3 is 19.7 Å². The van der Waals surface area contributed by atoms with Gasteiger partial charge in [0, 0.05) is 12.8 Å². The molecule has 0 bridgehead atoms. The van der Waals surface area contributed by atoms with Crippen LogP contribution >= 0.6 is 0 Å². The Balaban J connectivity index is 1.91. The van der Waals surface area contributed by atoms with E-state index >= 15 is 0 Å². The fraction of sp³-hybridized carbons (Fsp3) is 0.611. The van der Waals surface area contributed by atoms with Crippen LogP contribution in [0.5, 0.6) is 11.5 Å². The van der Waals surface area contributed by atoms with Crippen LogP contribution < -0.4 is 0 Å². The first-order valence-corrected chi connectivity index (χ1v) is 15.1. The molecule has 0 aromatic heterocycles. The van der Waals surface area contributed by atoms with Crippen molar-refractivity contribution >= 4 is 11.9 Å². The molecule has 0 heterocycles. The standard InChI is InChI=1S/C36H54O6/c1-33(2,3)25-19-23(20-26(31(25)39)34(4,5)6)13-15-29(37)41-17-18-42-30(38)16-14-24-21-27(35(7,8)9)32(40)28(22-24)36(10,11)12/h19-22,39-40H,13-18H2,1-12H3. The second kappa shape index (κ2) is 13.1. The smallest absolute Gasteiger partial charge is 0.306 e. The van der Waals surface area contributed by atoms with Gasteiger partial charge in [0.05, 0.1) is 0 Å². The van der Waals surface area contributed by atoms with Crippen LogP contribution in [-0.2, 0) is 53.6 Å². The summed E-state index contributed by atoms with van der Waals surface area (Å²) in [5.41, 5.74) is 4.45. The van der Waals surface area contributed by atoms with E-state index in [0.29, 0.717) is 24.3 Å². The summed E-state index contributed by atoms with van der Waals surface area (Å²) < 4.78 is 10.6. The highest BCUT2D eigenvalue weighted by Crippen LogP contribution is 2.41. The number of carbonyl (C=O) groups is 2. The Bertz CT molecular complexity index is 1090. The van der Waals surface area contributed by atoms with Gasteiger partial charge in [-0.2, -0.15) is 0 Å². The third kappa shape index (κ3) is 9.78. The first kappa shape index (κ1) is 35.2. The Labute approximate surface area is 253 Å². The Morgan fingerprint density at radius 3 is 0.976 bits per heavy atom. The number of aromatic hydroxyl groups is 2. The number of aryl methyl sites for hydroxylation is 2. The van der Waals surface area contributed by atoms with E-state index < -0.39 is 0 Å². The zero-order valence-electron chi connectivity index (χ0n) is 28.1. The Morgan fingerprint density at radius 2 is 0.762 bits per heavy atom. The molecule has 0 aliphatic carbocycles. The third-order valence-electron chi connectivity index (χ3n) is 7.42. The van der Waals surface area contributed by atoms with E-state index in [9.17, 15) is 19.8 Å². The topological polar surface area (TPSA) is 93.1 Å². The number of rotatable bonds is 9. The summed E-state index contributed by atoms with van der Waals surface area (Å²) >= 11 is 0. The first-order valence-electron chi connectivity index (χ1n) is 15.1. The molecule has 0 atom stereocenters. The second-order valence-electron chi connectivity index (χ2n) is 15.5. The predicted molar refractivity (Wildman–Crippen MR) is 170 cm³/mol. The zero-order chi connectivity index (χ0) is 32.3. The highest BCUT2D eigenvalue weighted by molar-refractivity contribution is 5.71. The van der Waals surface area contributed by atoms with Gasteiger partial charge in [-0.15, -0.1) is 0 Å². The van der Waals surface area contributed by atoms with Crippen molar-refractivity contribution in [2.24, 2.45) is 0 Å². The molecule has 0 radical (unpaired) electrons. The van der Waals surface area contributed by atoms with Crippen molar-refractivity contribution in [3.63, 3.8) is 0 Å². The molecular formula is C36H54O6. The number of phenolic OH excluding ortho intramolecular Hbond substituents is 2. The molecule has 2 aromatic carbocycles. The second-order valence-corrected chi connectivity index (χ2v) is 15.5. The van der Waals surface area contributed by atoms with E-state index in [-0.39, 0.29) is 59.7 Å². The lowest BCUT2D eigenvalue weighted by Gasteiger charge is -2.28. The minimum absolute atomic E-state index is 0.00217. The molecule has 0 unspecified atom stereocenters. The summed E-state index contributed by atoms with van der Waals surface area (Å²) in [6.07, 6.45) is 1.37. The largest absolute Gasteiger partial charge is 0.507 e. The molecule has 2 N–H and O–H groups in total. The number of carbonyl (C=O) groups excluding carboxylic acids is 2. The summed E-state index contributed by atoms with van der Waals surface area (Å²) in [5.74, 6) is -0.0832. The Kier molecular flexibility index (Phi) is 11.0. The fourth-order valence-corrected chi connectivity index (χ4v) is 4.91. The van der Waals surface area contributed by atoms with Crippen LogP contribution in [0.2, 0.25) is 0 Å². The van der Waals surface area contributed by atoms with Crippen LogP contribution in [0.4, 0.5) is 0 Å². The molecule has 234 valence electrons. The van der Waals surface area contributed by atoms with E-state index in [0.717, 1.165) is 33.4 Å². The highest BCUT2D eigenvalue weighted by Gasteiger charge is 2.28. The van der Waals surface area contributed by atoms with E-state index in [1.165, 1.54) is 0 Å². The van der Waals surface area contributed by atoms with Crippen molar-refractivity contribution < 1.29 is 29.3 Å². The van der Waals surface area contributed by atoms with Gasteiger partial charge in [0.15, 0.2) is 0 Å². The van der Waals surface area contributed by atoms with E-state index in [1.807, 2.05) is 24.3 Å². The van der Waals surface area contributed by atoms with Crippen molar-refractivity contribution in [2.45, 2.75) is 130 Å². The fourth-order valence-electron chi connectivity index (χ4n) is 4.91. The minimum Gasteiger partial charge on any atom is -0.507 e. The molecule has 2 rings (SSSR count). The zero-order valence-corrected chi connectivity index (χ0v) is 28.1. The van der Waals surface area contributed by atoms with Crippen molar-refractivity contribution in [1.82, 2.24) is 0 Å². The normalized spacial score (nSPS) is 12.8. The van der Waals surface area contributed by atoms with Crippen molar-refractivity contribution in [1.29, 1.82) is 0 Å².